The quantitative estimate of drug-likeness (QED) is 0.0651. The van der Waals surface area contributed by atoms with Crippen molar-refractivity contribution in [3.63, 3.8) is 0 Å². The van der Waals surface area contributed by atoms with Gasteiger partial charge in [-0.2, -0.15) is 0 Å². The second-order valence-corrected chi connectivity index (χ2v) is 17.3. The van der Waals surface area contributed by atoms with Crippen LogP contribution in [0.2, 0.25) is 12.1 Å². The molecule has 0 unspecified atom stereocenters. The molecule has 0 aromatic rings. The van der Waals surface area contributed by atoms with Crippen molar-refractivity contribution in [3.8, 4) is 0 Å². The Kier molecular flexibility index (Phi) is 36.7. The molecular formula is C35H78N2O12Si2. The molecule has 0 aromatic carbocycles. The molecule has 0 radical (unpaired) electrons. The van der Waals surface area contributed by atoms with Crippen LogP contribution in [0.4, 0.5) is 0 Å². The van der Waals surface area contributed by atoms with Gasteiger partial charge in [0.25, 0.3) is 0 Å². The van der Waals surface area contributed by atoms with E-state index >= 15 is 0 Å². The van der Waals surface area contributed by atoms with Crippen molar-refractivity contribution < 1.29 is 55.0 Å². The molecule has 0 aliphatic rings. The zero-order valence-corrected chi connectivity index (χ0v) is 35.9. The van der Waals surface area contributed by atoms with Crippen LogP contribution >= 0.6 is 0 Å². The van der Waals surface area contributed by atoms with E-state index in [0.717, 1.165) is 57.5 Å². The van der Waals surface area contributed by atoms with Crippen LogP contribution in [0.3, 0.4) is 0 Å². The first-order valence-corrected chi connectivity index (χ1v) is 23.4. The molecule has 16 heteroatoms. The second kappa shape index (κ2) is 36.8. The van der Waals surface area contributed by atoms with Crippen molar-refractivity contribution in [1.82, 2.24) is 9.80 Å². The van der Waals surface area contributed by atoms with Gasteiger partial charge >= 0.3 is 17.6 Å². The van der Waals surface area contributed by atoms with E-state index < -0.39 is 17.6 Å². The fourth-order valence-corrected chi connectivity index (χ4v) is 9.97. The third-order valence-electron chi connectivity index (χ3n) is 7.65. The van der Waals surface area contributed by atoms with Crippen LogP contribution in [0.15, 0.2) is 0 Å². The van der Waals surface area contributed by atoms with Crippen LogP contribution in [0.1, 0.15) is 60.8 Å². The average molecular weight is 775 g/mol. The van der Waals surface area contributed by atoms with Crippen LogP contribution in [-0.4, -0.2) is 187 Å². The van der Waals surface area contributed by atoms with E-state index in [-0.39, 0.29) is 0 Å². The molecule has 0 atom stereocenters. The monoisotopic (exact) mass is 775 g/mol. The summed E-state index contributed by atoms with van der Waals surface area (Å²) in [5, 5.41) is 0. The SMILES string of the molecule is CCOCCO[Si](CCCN(C)CCCN(C)CCC[Si](OCCOCC)(OCCOCC)OCCOCC)(OCCOCC)OCCOCC. The lowest BCUT2D eigenvalue weighted by Crippen LogP contribution is -2.48. The Morgan fingerprint density at radius 2 is 0.529 bits per heavy atom. The maximum absolute atomic E-state index is 6.34. The number of hydrogen-bond donors (Lipinski definition) is 0. The standard InChI is InChI=1S/C35H78N2O12Si2/c1-9-38-22-28-44-50(45-29-23-39-10-2,46-30-24-40-11-3)34-16-20-36(7)18-15-19-37(8)21-17-35-51(47-31-25-41-12-4,48-32-26-42-13-5)49-33-27-43-14-6/h9-35H2,1-8H3. The minimum atomic E-state index is -2.95. The van der Waals surface area contributed by atoms with E-state index in [0.29, 0.717) is 119 Å². The van der Waals surface area contributed by atoms with Crippen LogP contribution in [0.25, 0.3) is 0 Å². The zero-order valence-electron chi connectivity index (χ0n) is 33.9. The summed E-state index contributed by atoms with van der Waals surface area (Å²) >= 11 is 0. The summed E-state index contributed by atoms with van der Waals surface area (Å²) < 4.78 is 71.2. The lowest BCUT2D eigenvalue weighted by molar-refractivity contribution is 0.00294. The summed E-state index contributed by atoms with van der Waals surface area (Å²) in [5.74, 6) is 0. The Morgan fingerprint density at radius 3 is 0.745 bits per heavy atom. The first kappa shape index (κ1) is 50.9. The van der Waals surface area contributed by atoms with Gasteiger partial charge in [0.15, 0.2) is 0 Å². The Bertz CT molecular complexity index is 605. The third-order valence-corrected chi connectivity index (χ3v) is 13.4. The lowest BCUT2D eigenvalue weighted by Gasteiger charge is -2.31. The normalized spacial score (nSPS) is 12.6. The molecule has 0 rings (SSSR count). The van der Waals surface area contributed by atoms with Crippen molar-refractivity contribution in [2.24, 2.45) is 0 Å². The molecule has 0 saturated heterocycles. The van der Waals surface area contributed by atoms with Crippen molar-refractivity contribution in [3.05, 3.63) is 0 Å². The molecule has 0 bridgehead atoms. The van der Waals surface area contributed by atoms with Gasteiger partial charge < -0.3 is 64.8 Å². The van der Waals surface area contributed by atoms with Crippen LogP contribution < -0.4 is 0 Å². The molecule has 0 aromatic heterocycles. The summed E-state index contributed by atoms with van der Waals surface area (Å²) in [5.41, 5.74) is 0. The van der Waals surface area contributed by atoms with E-state index in [4.69, 9.17) is 55.0 Å². The van der Waals surface area contributed by atoms with Gasteiger partial charge in [-0.1, -0.05) is 0 Å². The molecule has 308 valence electrons. The molecule has 0 amide bonds. The summed E-state index contributed by atoms with van der Waals surface area (Å²) in [7, 11) is -1.57. The topological polar surface area (TPSA) is 117 Å². The highest BCUT2D eigenvalue weighted by Gasteiger charge is 2.42. The molecule has 0 N–H and O–H groups in total. The molecule has 0 fully saturated rings. The Balaban J connectivity index is 5.00. The van der Waals surface area contributed by atoms with Crippen molar-refractivity contribution in [2.45, 2.75) is 72.9 Å². The van der Waals surface area contributed by atoms with Gasteiger partial charge in [-0.05, 0) is 101 Å². The van der Waals surface area contributed by atoms with E-state index in [1.165, 1.54) is 0 Å². The van der Waals surface area contributed by atoms with E-state index in [2.05, 4.69) is 23.9 Å². The molecule has 0 heterocycles. The first-order valence-electron chi connectivity index (χ1n) is 19.5. The van der Waals surface area contributed by atoms with Gasteiger partial charge in [-0.25, -0.2) is 0 Å². The number of ether oxygens (including phenoxy) is 6. The molecule has 0 spiro atoms. The molecular weight excluding hydrogens is 697 g/mol. The predicted molar refractivity (Wildman–Crippen MR) is 205 cm³/mol. The van der Waals surface area contributed by atoms with Gasteiger partial charge in [-0.15, -0.1) is 0 Å². The molecule has 0 aliphatic heterocycles. The van der Waals surface area contributed by atoms with E-state index in [9.17, 15) is 0 Å². The highest BCUT2D eigenvalue weighted by Crippen LogP contribution is 2.20. The van der Waals surface area contributed by atoms with E-state index in [1.54, 1.807) is 0 Å². The van der Waals surface area contributed by atoms with Crippen LogP contribution in [-0.2, 0) is 55.0 Å². The van der Waals surface area contributed by atoms with Crippen LogP contribution in [0, 0.1) is 0 Å². The van der Waals surface area contributed by atoms with Gasteiger partial charge in [0.1, 0.15) is 0 Å². The minimum Gasteiger partial charge on any atom is -0.379 e. The largest absolute Gasteiger partial charge is 0.501 e. The summed E-state index contributed by atoms with van der Waals surface area (Å²) in [6.45, 7) is 25.2. The smallest absolute Gasteiger partial charge is 0.379 e. The summed E-state index contributed by atoms with van der Waals surface area (Å²) in [6.07, 6.45) is 2.86. The maximum atomic E-state index is 6.34. The Labute approximate surface area is 314 Å². The van der Waals surface area contributed by atoms with Gasteiger partial charge in [0.05, 0.1) is 79.3 Å². The third kappa shape index (κ3) is 29.9. The van der Waals surface area contributed by atoms with Crippen molar-refractivity contribution in [1.29, 1.82) is 0 Å². The summed E-state index contributed by atoms with van der Waals surface area (Å²) in [6, 6.07) is 1.44. The number of nitrogens with zero attached hydrogens (tertiary/aromatic N) is 2. The number of hydrogen-bond acceptors (Lipinski definition) is 14. The maximum Gasteiger partial charge on any atom is 0.501 e. The minimum absolute atomic E-state index is 0.438. The van der Waals surface area contributed by atoms with Crippen molar-refractivity contribution >= 4 is 17.6 Å². The summed E-state index contributed by atoms with van der Waals surface area (Å²) in [4.78, 5) is 4.74. The number of rotatable bonds is 42. The average Bonchev–Trinajstić information content (AvgIpc) is 3.12. The first-order chi connectivity index (χ1) is 24.9. The zero-order chi connectivity index (χ0) is 37.7. The highest BCUT2D eigenvalue weighted by molar-refractivity contribution is 6.61. The predicted octanol–water partition coefficient (Wildman–Crippen LogP) is 4.22. The van der Waals surface area contributed by atoms with Gasteiger partial charge in [0.2, 0.25) is 0 Å². The Morgan fingerprint density at radius 1 is 0.314 bits per heavy atom. The molecule has 0 aliphatic carbocycles. The molecule has 0 saturated carbocycles. The van der Waals surface area contributed by atoms with Gasteiger partial charge in [0, 0.05) is 51.7 Å². The fraction of sp³-hybridized carbons (Fsp3) is 1.00. The molecule has 14 nitrogen and oxygen atoms in total. The van der Waals surface area contributed by atoms with E-state index in [1.807, 2.05) is 41.5 Å². The lowest BCUT2D eigenvalue weighted by atomic mass is 10.3. The van der Waals surface area contributed by atoms with Gasteiger partial charge in [-0.3, -0.25) is 0 Å². The second-order valence-electron chi connectivity index (χ2n) is 11.8. The highest BCUT2D eigenvalue weighted by atomic mass is 28.4. The Hall–Kier alpha value is -0.126. The fourth-order valence-electron chi connectivity index (χ4n) is 5.05. The van der Waals surface area contributed by atoms with Crippen LogP contribution in [0.5, 0.6) is 0 Å². The van der Waals surface area contributed by atoms with Crippen molar-refractivity contribution in [2.75, 3.05) is 159 Å². The molecule has 51 heavy (non-hydrogen) atoms.